The fraction of sp³-hybridized carbons (Fsp3) is 0.643. The van der Waals surface area contributed by atoms with Gasteiger partial charge in [-0.05, 0) is 5.92 Å². The first kappa shape index (κ1) is 16.8. The van der Waals surface area contributed by atoms with Crippen molar-refractivity contribution < 1.29 is 20.1 Å². The second-order valence-corrected chi connectivity index (χ2v) is 6.24. The van der Waals surface area contributed by atoms with Gasteiger partial charge in [0.25, 0.3) is 5.56 Å². The molecule has 0 aliphatic carbocycles. The standard InChI is InChI=1S/C14H21N5O5/c1-6(2)3-15-14-17-11-8(12(23)18-14)16-5-19(11)13-10(22)9(21)7(4-20)24-13/h5-7,9-10,13,20-22H,3-4H2,1-2H3,(H2,15,17,18,23)/t7-,9-,10+,13+/m0/s1. The van der Waals surface area contributed by atoms with Crippen LogP contribution in [0.2, 0.25) is 0 Å². The fourth-order valence-corrected chi connectivity index (χ4v) is 2.61. The summed E-state index contributed by atoms with van der Waals surface area (Å²) in [7, 11) is 0. The van der Waals surface area contributed by atoms with Crippen LogP contribution in [0.15, 0.2) is 11.1 Å². The molecule has 4 atom stereocenters. The summed E-state index contributed by atoms with van der Waals surface area (Å²) in [5.74, 6) is 0.644. The van der Waals surface area contributed by atoms with Crippen LogP contribution in [0, 0.1) is 5.92 Å². The van der Waals surface area contributed by atoms with Gasteiger partial charge in [0.2, 0.25) is 5.95 Å². The van der Waals surface area contributed by atoms with Crippen LogP contribution in [-0.4, -0.2) is 66.3 Å². The van der Waals surface area contributed by atoms with Crippen molar-refractivity contribution >= 4 is 17.1 Å². The summed E-state index contributed by atoms with van der Waals surface area (Å²) in [6, 6.07) is 0. The van der Waals surface area contributed by atoms with Gasteiger partial charge >= 0.3 is 0 Å². The smallest absolute Gasteiger partial charge is 0.280 e. The van der Waals surface area contributed by atoms with Crippen molar-refractivity contribution in [2.75, 3.05) is 18.5 Å². The molecule has 2 aromatic heterocycles. The first-order valence-electron chi connectivity index (χ1n) is 7.75. The van der Waals surface area contributed by atoms with Crippen molar-refractivity contribution in [1.82, 2.24) is 19.5 Å². The summed E-state index contributed by atoms with van der Waals surface area (Å²) >= 11 is 0. The van der Waals surface area contributed by atoms with E-state index in [1.165, 1.54) is 10.9 Å². The number of nitrogens with one attached hydrogen (secondary N) is 2. The van der Waals surface area contributed by atoms with E-state index in [9.17, 15) is 20.1 Å². The number of imidazole rings is 1. The summed E-state index contributed by atoms with van der Waals surface area (Å²) in [4.78, 5) is 23.1. The Morgan fingerprint density at radius 2 is 2.17 bits per heavy atom. The highest BCUT2D eigenvalue weighted by atomic mass is 16.6. The highest BCUT2D eigenvalue weighted by molar-refractivity contribution is 5.70. The molecule has 0 radical (unpaired) electrons. The zero-order valence-corrected chi connectivity index (χ0v) is 13.4. The molecule has 3 heterocycles. The first-order valence-corrected chi connectivity index (χ1v) is 7.75. The molecule has 0 amide bonds. The predicted molar refractivity (Wildman–Crippen MR) is 84.5 cm³/mol. The Bertz CT molecular complexity index is 772. The molecule has 10 heteroatoms. The highest BCUT2D eigenvalue weighted by Gasteiger charge is 2.44. The number of aliphatic hydroxyl groups is 3. The third-order valence-electron chi connectivity index (χ3n) is 3.90. The van der Waals surface area contributed by atoms with Crippen molar-refractivity contribution in [3.63, 3.8) is 0 Å². The minimum absolute atomic E-state index is 0.0998. The van der Waals surface area contributed by atoms with Gasteiger partial charge in [0.05, 0.1) is 12.9 Å². The molecule has 1 aliphatic heterocycles. The molecule has 3 rings (SSSR count). The Labute approximate surface area is 137 Å². The van der Waals surface area contributed by atoms with Crippen molar-refractivity contribution in [2.24, 2.45) is 5.92 Å². The van der Waals surface area contributed by atoms with Gasteiger partial charge in [-0.25, -0.2) is 4.98 Å². The van der Waals surface area contributed by atoms with E-state index in [4.69, 9.17) is 4.74 Å². The zero-order valence-electron chi connectivity index (χ0n) is 13.4. The molecule has 2 aromatic rings. The second-order valence-electron chi connectivity index (χ2n) is 6.24. The normalized spacial score (nSPS) is 27.2. The molecule has 1 fully saturated rings. The minimum atomic E-state index is -1.27. The first-order chi connectivity index (χ1) is 11.4. The number of aliphatic hydroxyl groups excluding tert-OH is 3. The van der Waals surface area contributed by atoms with E-state index in [0.29, 0.717) is 12.5 Å². The van der Waals surface area contributed by atoms with Gasteiger partial charge in [0.1, 0.15) is 18.3 Å². The van der Waals surface area contributed by atoms with Crippen molar-refractivity contribution in [1.29, 1.82) is 0 Å². The van der Waals surface area contributed by atoms with E-state index < -0.39 is 36.7 Å². The molecule has 0 unspecified atom stereocenters. The largest absolute Gasteiger partial charge is 0.394 e. The van der Waals surface area contributed by atoms with Crippen LogP contribution in [0.1, 0.15) is 20.1 Å². The fourth-order valence-electron chi connectivity index (χ4n) is 2.61. The summed E-state index contributed by atoms with van der Waals surface area (Å²) in [5.41, 5.74) is -0.0977. The van der Waals surface area contributed by atoms with E-state index in [0.717, 1.165) is 0 Å². The average Bonchev–Trinajstić information content (AvgIpc) is 3.08. The summed E-state index contributed by atoms with van der Waals surface area (Å²) in [5, 5.41) is 32.2. The topological polar surface area (TPSA) is 146 Å². The van der Waals surface area contributed by atoms with Gasteiger partial charge in [-0.15, -0.1) is 0 Å². The van der Waals surface area contributed by atoms with E-state index in [1.54, 1.807) is 0 Å². The molecule has 24 heavy (non-hydrogen) atoms. The number of hydrogen-bond donors (Lipinski definition) is 5. The van der Waals surface area contributed by atoms with E-state index >= 15 is 0 Å². The van der Waals surface area contributed by atoms with Crippen LogP contribution in [0.3, 0.4) is 0 Å². The van der Waals surface area contributed by atoms with Gasteiger partial charge in [-0.3, -0.25) is 14.3 Å². The molecule has 0 bridgehead atoms. The molecule has 1 saturated heterocycles. The number of aromatic amines is 1. The molecule has 1 aliphatic rings. The second kappa shape index (κ2) is 6.48. The van der Waals surface area contributed by atoms with Crippen LogP contribution >= 0.6 is 0 Å². The Morgan fingerprint density at radius 3 is 2.79 bits per heavy atom. The highest BCUT2D eigenvalue weighted by Crippen LogP contribution is 2.30. The van der Waals surface area contributed by atoms with E-state index in [2.05, 4.69) is 20.3 Å². The SMILES string of the molecule is CC(C)CNc1nc2c(ncn2[C@@H]2O[C@@H](CO)[C@H](O)[C@H]2O)c(=O)[nH]1. The predicted octanol–water partition coefficient (Wildman–Crippen LogP) is -1.20. The average molecular weight is 339 g/mol. The van der Waals surface area contributed by atoms with Crippen molar-refractivity contribution in [3.05, 3.63) is 16.7 Å². The number of ether oxygens (including phenoxy) is 1. The van der Waals surface area contributed by atoms with Gasteiger partial charge in [0, 0.05) is 6.54 Å². The Morgan fingerprint density at radius 1 is 1.42 bits per heavy atom. The maximum Gasteiger partial charge on any atom is 0.280 e. The van der Waals surface area contributed by atoms with Gasteiger partial charge in [-0.1, -0.05) is 13.8 Å². The van der Waals surface area contributed by atoms with Crippen LogP contribution in [0.4, 0.5) is 5.95 Å². The quantitative estimate of drug-likeness (QED) is 0.456. The monoisotopic (exact) mass is 339 g/mol. The molecular formula is C14H21N5O5. The molecule has 5 N–H and O–H groups in total. The number of anilines is 1. The maximum absolute atomic E-state index is 12.1. The van der Waals surface area contributed by atoms with E-state index in [-0.39, 0.29) is 17.1 Å². The minimum Gasteiger partial charge on any atom is -0.394 e. The lowest BCUT2D eigenvalue weighted by Crippen LogP contribution is -2.33. The summed E-state index contributed by atoms with van der Waals surface area (Å²) < 4.78 is 6.85. The molecule has 132 valence electrons. The number of rotatable bonds is 5. The molecule has 0 saturated carbocycles. The third-order valence-corrected chi connectivity index (χ3v) is 3.90. The number of aromatic nitrogens is 4. The van der Waals surface area contributed by atoms with Crippen LogP contribution in [0.25, 0.3) is 11.2 Å². The molecule has 10 nitrogen and oxygen atoms in total. The van der Waals surface area contributed by atoms with Gasteiger partial charge in [0.15, 0.2) is 17.4 Å². The maximum atomic E-state index is 12.1. The van der Waals surface area contributed by atoms with Crippen LogP contribution in [-0.2, 0) is 4.74 Å². The number of H-pyrrole nitrogens is 1. The van der Waals surface area contributed by atoms with Gasteiger partial charge in [-0.2, -0.15) is 4.98 Å². The number of fused-ring (bicyclic) bond motifs is 1. The van der Waals surface area contributed by atoms with Crippen LogP contribution in [0.5, 0.6) is 0 Å². The summed E-state index contributed by atoms with van der Waals surface area (Å²) in [6.07, 6.45) is -3.09. The van der Waals surface area contributed by atoms with Crippen molar-refractivity contribution in [2.45, 2.75) is 38.4 Å². The third kappa shape index (κ3) is 2.88. The van der Waals surface area contributed by atoms with Crippen LogP contribution < -0.4 is 10.9 Å². The lowest BCUT2D eigenvalue weighted by Gasteiger charge is -2.16. The summed E-state index contributed by atoms with van der Waals surface area (Å²) in [6.45, 7) is 4.23. The van der Waals surface area contributed by atoms with Crippen molar-refractivity contribution in [3.8, 4) is 0 Å². The number of hydrogen-bond acceptors (Lipinski definition) is 8. The Kier molecular flexibility index (Phi) is 4.54. The zero-order chi connectivity index (χ0) is 17.4. The van der Waals surface area contributed by atoms with E-state index in [1.807, 2.05) is 13.8 Å². The lowest BCUT2D eigenvalue weighted by atomic mass is 10.1. The number of nitrogens with zero attached hydrogens (tertiary/aromatic N) is 3. The molecule has 0 aromatic carbocycles. The Hall–Kier alpha value is -2.01. The molecule has 0 spiro atoms. The lowest BCUT2D eigenvalue weighted by molar-refractivity contribution is -0.0511. The van der Waals surface area contributed by atoms with Gasteiger partial charge < -0.3 is 25.4 Å². The molecular weight excluding hydrogens is 318 g/mol. The Balaban J connectivity index is 1.98.